The molecular weight excluding hydrogens is 262 g/mol. The molecule has 0 aliphatic rings. The molecule has 0 amide bonds. The summed E-state index contributed by atoms with van der Waals surface area (Å²) in [5.74, 6) is -0.476. The number of nitrogens with zero attached hydrogens (tertiary/aromatic N) is 2. The zero-order valence-corrected chi connectivity index (χ0v) is 10.9. The number of carboxylic acids is 1. The molecule has 1 atom stereocenters. The van der Waals surface area contributed by atoms with E-state index in [1.807, 2.05) is 0 Å². The topological polar surface area (TPSA) is 105 Å². The minimum atomic E-state index is -1.01. The van der Waals surface area contributed by atoms with Crippen LogP contribution in [0.25, 0.3) is 10.9 Å². The first-order chi connectivity index (χ1) is 9.65. The van der Waals surface area contributed by atoms with Gasteiger partial charge in [-0.15, -0.1) is 0 Å². The van der Waals surface area contributed by atoms with Crippen molar-refractivity contribution in [3.8, 4) is 0 Å². The molecule has 1 aromatic carbocycles. The van der Waals surface area contributed by atoms with E-state index < -0.39 is 5.97 Å². The van der Waals surface area contributed by atoms with Crippen molar-refractivity contribution in [1.82, 2.24) is 9.97 Å². The number of aromatic carboxylic acids is 1. The number of hydrogen-bond donors (Lipinski definition) is 3. The number of ether oxygens (including phenoxy) is 1. The zero-order valence-electron chi connectivity index (χ0n) is 10.9. The zero-order chi connectivity index (χ0) is 14.5. The predicted molar refractivity (Wildman–Crippen MR) is 72.9 cm³/mol. The molecule has 2 aromatic rings. The van der Waals surface area contributed by atoms with Crippen LogP contribution >= 0.6 is 0 Å². The van der Waals surface area contributed by atoms with E-state index in [1.54, 1.807) is 13.2 Å². The highest BCUT2D eigenvalue weighted by molar-refractivity contribution is 5.96. The van der Waals surface area contributed by atoms with Gasteiger partial charge in [-0.05, 0) is 18.2 Å². The van der Waals surface area contributed by atoms with Crippen LogP contribution in [-0.2, 0) is 4.74 Å². The van der Waals surface area contributed by atoms with Crippen LogP contribution in [-0.4, -0.2) is 52.5 Å². The lowest BCUT2D eigenvalue weighted by Crippen LogP contribution is -2.29. The van der Waals surface area contributed by atoms with E-state index >= 15 is 0 Å². The molecule has 0 bridgehead atoms. The Bertz CT molecular complexity index is 618. The molecule has 3 N–H and O–H groups in total. The number of aliphatic hydroxyl groups excluding tert-OH is 1. The van der Waals surface area contributed by atoms with Crippen LogP contribution in [0.3, 0.4) is 0 Å². The Morgan fingerprint density at radius 1 is 1.45 bits per heavy atom. The number of fused-ring (bicyclic) bond motifs is 1. The first kappa shape index (κ1) is 14.2. The van der Waals surface area contributed by atoms with Crippen molar-refractivity contribution >= 4 is 22.7 Å². The summed E-state index contributed by atoms with van der Waals surface area (Å²) in [6.07, 6.45) is 1.34. The molecule has 20 heavy (non-hydrogen) atoms. The van der Waals surface area contributed by atoms with Crippen molar-refractivity contribution in [1.29, 1.82) is 0 Å². The van der Waals surface area contributed by atoms with Crippen molar-refractivity contribution in [3.63, 3.8) is 0 Å². The molecule has 2 rings (SSSR count). The number of rotatable bonds is 6. The molecule has 1 aromatic heterocycles. The van der Waals surface area contributed by atoms with Gasteiger partial charge in [0.05, 0.1) is 30.3 Å². The highest BCUT2D eigenvalue weighted by Crippen LogP contribution is 2.21. The molecule has 0 saturated carbocycles. The number of nitrogens with one attached hydrogen (secondary N) is 1. The van der Waals surface area contributed by atoms with Crippen LogP contribution in [0.1, 0.15) is 10.4 Å². The largest absolute Gasteiger partial charge is 0.478 e. The molecule has 1 unspecified atom stereocenters. The van der Waals surface area contributed by atoms with E-state index in [-0.39, 0.29) is 18.2 Å². The quantitative estimate of drug-likeness (QED) is 0.715. The molecular formula is C13H15N3O4. The number of methoxy groups -OCH3 is 1. The molecule has 7 heteroatoms. The number of benzene rings is 1. The minimum absolute atomic E-state index is 0.105. The average molecular weight is 277 g/mol. The third-order valence-electron chi connectivity index (χ3n) is 2.81. The van der Waals surface area contributed by atoms with Crippen LogP contribution in [0.5, 0.6) is 0 Å². The fourth-order valence-electron chi connectivity index (χ4n) is 1.84. The van der Waals surface area contributed by atoms with Crippen molar-refractivity contribution in [2.24, 2.45) is 0 Å². The van der Waals surface area contributed by atoms with Gasteiger partial charge >= 0.3 is 5.97 Å². The number of anilines is 1. The first-order valence-electron chi connectivity index (χ1n) is 6.00. The van der Waals surface area contributed by atoms with E-state index in [2.05, 4.69) is 15.3 Å². The second kappa shape index (κ2) is 6.27. The Hall–Kier alpha value is -2.25. The van der Waals surface area contributed by atoms with Gasteiger partial charge in [-0.1, -0.05) is 0 Å². The number of carboxylic acid groups (broad SMARTS) is 1. The summed E-state index contributed by atoms with van der Waals surface area (Å²) in [6, 6.07) is 4.32. The van der Waals surface area contributed by atoms with Crippen molar-refractivity contribution in [2.75, 3.05) is 25.6 Å². The fourth-order valence-corrected chi connectivity index (χ4v) is 1.84. The summed E-state index contributed by atoms with van der Waals surface area (Å²) in [7, 11) is 1.54. The van der Waals surface area contributed by atoms with E-state index in [9.17, 15) is 9.90 Å². The van der Waals surface area contributed by atoms with E-state index in [1.165, 1.54) is 18.5 Å². The van der Waals surface area contributed by atoms with Gasteiger partial charge in [-0.2, -0.15) is 0 Å². The van der Waals surface area contributed by atoms with Crippen LogP contribution in [0.15, 0.2) is 24.5 Å². The SMILES string of the molecule is COCC(CO)Nc1ncnc2cc(C(=O)O)ccc12. The average Bonchev–Trinajstić information content (AvgIpc) is 2.46. The molecule has 0 radical (unpaired) electrons. The Morgan fingerprint density at radius 2 is 2.25 bits per heavy atom. The van der Waals surface area contributed by atoms with Gasteiger partial charge in [-0.3, -0.25) is 0 Å². The highest BCUT2D eigenvalue weighted by atomic mass is 16.5. The number of carbonyl (C=O) groups is 1. The van der Waals surface area contributed by atoms with Gasteiger partial charge in [-0.25, -0.2) is 14.8 Å². The maximum atomic E-state index is 10.9. The second-order valence-electron chi connectivity index (χ2n) is 4.24. The summed E-state index contributed by atoms with van der Waals surface area (Å²) in [4.78, 5) is 19.1. The first-order valence-corrected chi connectivity index (χ1v) is 6.00. The predicted octanol–water partition coefficient (Wildman–Crippen LogP) is 0.747. The van der Waals surface area contributed by atoms with Crippen molar-refractivity contribution in [2.45, 2.75) is 6.04 Å². The highest BCUT2D eigenvalue weighted by Gasteiger charge is 2.12. The summed E-state index contributed by atoms with van der Waals surface area (Å²) in [5, 5.41) is 21.9. The maximum absolute atomic E-state index is 10.9. The van der Waals surface area contributed by atoms with Gasteiger partial charge < -0.3 is 20.3 Å². The molecule has 0 fully saturated rings. The molecule has 106 valence electrons. The molecule has 0 aliphatic carbocycles. The molecule has 7 nitrogen and oxygen atoms in total. The summed E-state index contributed by atoms with van der Waals surface area (Å²) < 4.78 is 4.99. The molecule has 0 saturated heterocycles. The Kier molecular flexibility index (Phi) is 4.44. The standard InChI is InChI=1S/C13H15N3O4/c1-20-6-9(5-17)16-12-10-3-2-8(13(18)19)4-11(10)14-7-15-12/h2-4,7,9,17H,5-6H2,1H3,(H,18,19)(H,14,15,16). The third-order valence-corrected chi connectivity index (χ3v) is 2.81. The van der Waals surface area contributed by atoms with E-state index in [4.69, 9.17) is 9.84 Å². The number of aromatic nitrogens is 2. The lowest BCUT2D eigenvalue weighted by Gasteiger charge is -2.16. The second-order valence-corrected chi connectivity index (χ2v) is 4.24. The van der Waals surface area contributed by atoms with Gasteiger partial charge in [0.25, 0.3) is 0 Å². The van der Waals surface area contributed by atoms with Gasteiger partial charge in [0.15, 0.2) is 0 Å². The lowest BCUT2D eigenvalue weighted by molar-refractivity contribution is 0.0697. The van der Waals surface area contributed by atoms with Crippen molar-refractivity contribution in [3.05, 3.63) is 30.1 Å². The van der Waals surface area contributed by atoms with E-state index in [0.717, 1.165) is 0 Å². The molecule has 1 heterocycles. The summed E-state index contributed by atoms with van der Waals surface area (Å²) >= 11 is 0. The summed E-state index contributed by atoms with van der Waals surface area (Å²) in [6.45, 7) is 0.224. The van der Waals surface area contributed by atoms with Crippen LogP contribution < -0.4 is 5.32 Å². The van der Waals surface area contributed by atoms with Crippen LogP contribution in [0, 0.1) is 0 Å². The van der Waals surface area contributed by atoms with Gasteiger partial charge in [0, 0.05) is 12.5 Å². The lowest BCUT2D eigenvalue weighted by atomic mass is 10.1. The van der Waals surface area contributed by atoms with Crippen LogP contribution in [0.4, 0.5) is 5.82 Å². The van der Waals surface area contributed by atoms with E-state index in [0.29, 0.717) is 23.3 Å². The Morgan fingerprint density at radius 3 is 2.90 bits per heavy atom. The van der Waals surface area contributed by atoms with Crippen molar-refractivity contribution < 1.29 is 19.7 Å². The number of hydrogen-bond acceptors (Lipinski definition) is 6. The fraction of sp³-hybridized carbons (Fsp3) is 0.308. The minimum Gasteiger partial charge on any atom is -0.478 e. The smallest absolute Gasteiger partial charge is 0.335 e. The monoisotopic (exact) mass is 277 g/mol. The van der Waals surface area contributed by atoms with Crippen LogP contribution in [0.2, 0.25) is 0 Å². The summed E-state index contributed by atoms with van der Waals surface area (Å²) in [5.41, 5.74) is 0.689. The van der Waals surface area contributed by atoms with Gasteiger partial charge in [0.2, 0.25) is 0 Å². The maximum Gasteiger partial charge on any atom is 0.335 e. The van der Waals surface area contributed by atoms with Gasteiger partial charge in [0.1, 0.15) is 12.1 Å². The Labute approximate surface area is 115 Å². The third kappa shape index (κ3) is 3.01. The number of aliphatic hydroxyl groups is 1. The Balaban J connectivity index is 2.36. The molecule has 0 aliphatic heterocycles. The molecule has 0 spiro atoms. The normalized spacial score (nSPS) is 12.3.